The number of nitrogens with one attached hydrogen (secondary N) is 2. The minimum Gasteiger partial charge on any atom is -0.277 e. The quantitative estimate of drug-likeness (QED) is 0.556. The van der Waals surface area contributed by atoms with Crippen molar-refractivity contribution >= 4 is 66.0 Å². The molecule has 0 atom stereocenters. The van der Waals surface area contributed by atoms with Gasteiger partial charge in [0.1, 0.15) is 9.10 Å². The molecule has 0 aliphatic rings. The van der Waals surface area contributed by atoms with Crippen molar-refractivity contribution in [3.05, 3.63) is 70.0 Å². The highest BCUT2D eigenvalue weighted by Gasteiger charge is 2.22. The van der Waals surface area contributed by atoms with E-state index < -0.39 is 20.0 Å². The standard InChI is InChI=1S/C16H12Cl2N2O4S3/c17-11-7-8-12(18)15(10-11)26(21,22)19-13-4-1-2-5-14(13)20-27(23,24)16-6-3-9-25-16/h1-10,19-20H. The van der Waals surface area contributed by atoms with Gasteiger partial charge in [0.25, 0.3) is 20.0 Å². The smallest absolute Gasteiger partial charge is 0.271 e. The summed E-state index contributed by atoms with van der Waals surface area (Å²) in [7, 11) is -7.94. The van der Waals surface area contributed by atoms with Crippen LogP contribution < -0.4 is 9.44 Å². The molecular weight excluding hydrogens is 451 g/mol. The van der Waals surface area contributed by atoms with Gasteiger partial charge in [0.15, 0.2) is 0 Å². The molecule has 0 amide bonds. The number of anilines is 2. The van der Waals surface area contributed by atoms with Crippen molar-refractivity contribution in [2.75, 3.05) is 9.44 Å². The summed E-state index contributed by atoms with van der Waals surface area (Å²) in [5, 5.41) is 1.82. The van der Waals surface area contributed by atoms with Crippen LogP contribution >= 0.6 is 34.5 Å². The van der Waals surface area contributed by atoms with Crippen LogP contribution in [0.3, 0.4) is 0 Å². The number of rotatable bonds is 6. The number of thiophene rings is 1. The highest BCUT2D eigenvalue weighted by Crippen LogP contribution is 2.31. The molecule has 0 saturated carbocycles. The number of benzene rings is 2. The Labute approximate surface area is 170 Å². The lowest BCUT2D eigenvalue weighted by Gasteiger charge is -2.14. The number of halogens is 2. The molecule has 1 heterocycles. The van der Waals surface area contributed by atoms with Crippen molar-refractivity contribution in [3.63, 3.8) is 0 Å². The van der Waals surface area contributed by atoms with E-state index in [0.717, 1.165) is 11.3 Å². The predicted molar refractivity (Wildman–Crippen MR) is 109 cm³/mol. The van der Waals surface area contributed by atoms with Crippen molar-refractivity contribution in [2.45, 2.75) is 9.10 Å². The molecule has 27 heavy (non-hydrogen) atoms. The van der Waals surface area contributed by atoms with E-state index in [1.54, 1.807) is 23.6 Å². The van der Waals surface area contributed by atoms with Crippen LogP contribution in [-0.2, 0) is 20.0 Å². The zero-order chi connectivity index (χ0) is 19.7. The monoisotopic (exact) mass is 462 g/mol. The average Bonchev–Trinajstić information content (AvgIpc) is 3.14. The van der Waals surface area contributed by atoms with E-state index in [1.807, 2.05) is 0 Å². The van der Waals surface area contributed by atoms with Crippen molar-refractivity contribution in [1.82, 2.24) is 0 Å². The lowest BCUT2D eigenvalue weighted by molar-refractivity contribution is 0.599. The van der Waals surface area contributed by atoms with Crippen LogP contribution in [-0.4, -0.2) is 16.8 Å². The molecule has 2 N–H and O–H groups in total. The summed E-state index contributed by atoms with van der Waals surface area (Å²) >= 11 is 12.9. The van der Waals surface area contributed by atoms with Crippen LogP contribution in [0.1, 0.15) is 0 Å². The van der Waals surface area contributed by atoms with Crippen LogP contribution in [0.15, 0.2) is 69.1 Å². The molecule has 2 aromatic carbocycles. The van der Waals surface area contributed by atoms with Gasteiger partial charge in [0, 0.05) is 5.02 Å². The van der Waals surface area contributed by atoms with Crippen molar-refractivity contribution in [3.8, 4) is 0 Å². The zero-order valence-electron chi connectivity index (χ0n) is 13.4. The first-order valence-corrected chi connectivity index (χ1v) is 11.9. The van der Waals surface area contributed by atoms with Gasteiger partial charge >= 0.3 is 0 Å². The number of hydrogen-bond donors (Lipinski definition) is 2. The van der Waals surface area contributed by atoms with E-state index in [-0.39, 0.29) is 30.5 Å². The van der Waals surface area contributed by atoms with Gasteiger partial charge in [-0.25, -0.2) is 16.8 Å². The third kappa shape index (κ3) is 4.56. The summed E-state index contributed by atoms with van der Waals surface area (Å²) in [6.45, 7) is 0. The van der Waals surface area contributed by atoms with Gasteiger partial charge < -0.3 is 0 Å². The fourth-order valence-corrected chi connectivity index (χ4v) is 6.07. The molecule has 0 aliphatic carbocycles. The molecule has 142 valence electrons. The van der Waals surface area contributed by atoms with Crippen LogP contribution in [0.25, 0.3) is 0 Å². The van der Waals surface area contributed by atoms with Crippen molar-refractivity contribution < 1.29 is 16.8 Å². The first kappa shape index (κ1) is 20.0. The van der Waals surface area contributed by atoms with Crippen LogP contribution in [0.5, 0.6) is 0 Å². The second-order valence-corrected chi connectivity index (χ2v) is 10.6. The number of sulfonamides is 2. The summed E-state index contributed by atoms with van der Waals surface area (Å²) in [5.74, 6) is 0. The molecular formula is C16H12Cl2N2O4S3. The van der Waals surface area contributed by atoms with Gasteiger partial charge in [-0.15, -0.1) is 11.3 Å². The van der Waals surface area contributed by atoms with Crippen molar-refractivity contribution in [1.29, 1.82) is 0 Å². The summed E-state index contributed by atoms with van der Waals surface area (Å²) in [6.07, 6.45) is 0. The fourth-order valence-electron chi connectivity index (χ4n) is 2.16. The fraction of sp³-hybridized carbons (Fsp3) is 0. The predicted octanol–water partition coefficient (Wildman–Crippen LogP) is 4.66. The van der Waals surface area contributed by atoms with Gasteiger partial charge in [-0.2, -0.15) is 0 Å². The number of para-hydroxylation sites is 2. The molecule has 6 nitrogen and oxygen atoms in total. The maximum atomic E-state index is 12.7. The SMILES string of the molecule is O=S(=O)(Nc1ccccc1NS(=O)(=O)c1cc(Cl)ccc1Cl)c1cccs1. The van der Waals surface area contributed by atoms with Gasteiger partial charge in [0.05, 0.1) is 16.4 Å². The van der Waals surface area contributed by atoms with Crippen LogP contribution in [0, 0.1) is 0 Å². The number of hydrogen-bond acceptors (Lipinski definition) is 5. The molecule has 0 radical (unpaired) electrons. The first-order chi connectivity index (χ1) is 12.7. The van der Waals surface area contributed by atoms with E-state index in [2.05, 4.69) is 9.44 Å². The molecule has 3 aromatic rings. The van der Waals surface area contributed by atoms with E-state index in [9.17, 15) is 16.8 Å². The maximum Gasteiger partial charge on any atom is 0.271 e. The molecule has 0 saturated heterocycles. The van der Waals surface area contributed by atoms with Crippen LogP contribution in [0.2, 0.25) is 10.0 Å². The summed E-state index contributed by atoms with van der Waals surface area (Å²) in [5.41, 5.74) is 0.126. The van der Waals surface area contributed by atoms with E-state index in [0.29, 0.717) is 0 Å². The molecule has 0 bridgehead atoms. The first-order valence-electron chi connectivity index (χ1n) is 7.32. The Bertz CT molecular complexity index is 1180. The third-order valence-corrected chi connectivity index (χ3v) is 8.20. The van der Waals surface area contributed by atoms with E-state index >= 15 is 0 Å². The van der Waals surface area contributed by atoms with Gasteiger partial charge in [-0.3, -0.25) is 9.44 Å². The summed E-state index contributed by atoms with van der Waals surface area (Å²) in [4.78, 5) is -0.215. The molecule has 0 unspecified atom stereocenters. The Kier molecular flexibility index (Phi) is 5.68. The second-order valence-electron chi connectivity index (χ2n) is 5.26. The zero-order valence-corrected chi connectivity index (χ0v) is 17.3. The van der Waals surface area contributed by atoms with Gasteiger partial charge in [-0.1, -0.05) is 41.4 Å². The molecule has 0 aliphatic heterocycles. The summed E-state index contributed by atoms with van der Waals surface area (Å²) < 4.78 is 55.1. The molecule has 0 fully saturated rings. The highest BCUT2D eigenvalue weighted by atomic mass is 35.5. The van der Waals surface area contributed by atoms with Gasteiger partial charge in [-0.05, 0) is 41.8 Å². The minimum atomic E-state index is -4.10. The van der Waals surface area contributed by atoms with Crippen LogP contribution in [0.4, 0.5) is 11.4 Å². The summed E-state index contributed by atoms with van der Waals surface area (Å²) in [6, 6.07) is 13.1. The molecule has 0 spiro atoms. The Morgan fingerprint density at radius 2 is 1.41 bits per heavy atom. The highest BCUT2D eigenvalue weighted by molar-refractivity contribution is 7.94. The maximum absolute atomic E-state index is 12.7. The minimum absolute atomic E-state index is 0.0106. The topological polar surface area (TPSA) is 92.3 Å². The Morgan fingerprint density at radius 1 is 0.778 bits per heavy atom. The van der Waals surface area contributed by atoms with Crippen molar-refractivity contribution in [2.24, 2.45) is 0 Å². The Balaban J connectivity index is 1.96. The largest absolute Gasteiger partial charge is 0.277 e. The molecule has 3 rings (SSSR count). The Morgan fingerprint density at radius 3 is 2.00 bits per heavy atom. The van der Waals surface area contributed by atoms with E-state index in [1.165, 1.54) is 36.4 Å². The second kappa shape index (κ2) is 7.69. The average molecular weight is 463 g/mol. The normalized spacial score (nSPS) is 11.9. The molecule has 1 aromatic heterocycles. The molecule has 11 heteroatoms. The lowest BCUT2D eigenvalue weighted by Crippen LogP contribution is -2.17. The lowest BCUT2D eigenvalue weighted by atomic mass is 10.3. The Hall–Kier alpha value is -1.78. The van der Waals surface area contributed by atoms with E-state index in [4.69, 9.17) is 23.2 Å². The third-order valence-electron chi connectivity index (χ3n) is 3.36. The van der Waals surface area contributed by atoms with Gasteiger partial charge in [0.2, 0.25) is 0 Å².